The summed E-state index contributed by atoms with van der Waals surface area (Å²) in [5, 5.41) is 14.8. The Morgan fingerprint density at radius 3 is 2.31 bits per heavy atom. The highest BCUT2D eigenvalue weighted by atomic mass is 35.5. The van der Waals surface area contributed by atoms with Crippen molar-refractivity contribution in [2.24, 2.45) is 0 Å². The molecule has 0 amide bonds. The Bertz CT molecular complexity index is 1360. The number of hydrogen-bond acceptors (Lipinski definition) is 5. The van der Waals surface area contributed by atoms with Crippen molar-refractivity contribution in [2.75, 3.05) is 19.4 Å². The third-order valence-corrected chi connectivity index (χ3v) is 6.34. The smallest absolute Gasteiger partial charge is 0.152 e. The Morgan fingerprint density at radius 2 is 1.69 bits per heavy atom. The van der Waals surface area contributed by atoms with Crippen LogP contribution in [0.25, 0.3) is 22.0 Å². The zero-order chi connectivity index (χ0) is 25.1. The number of aromatic nitrogens is 1. The maximum atomic E-state index is 11.7. The van der Waals surface area contributed by atoms with Crippen molar-refractivity contribution in [3.05, 3.63) is 82.0 Å². The summed E-state index contributed by atoms with van der Waals surface area (Å²) in [6, 6.07) is 17.6. The van der Waals surface area contributed by atoms with Crippen LogP contribution in [0.1, 0.15) is 24.5 Å². The molecule has 1 heterocycles. The van der Waals surface area contributed by atoms with Crippen molar-refractivity contribution in [3.8, 4) is 16.9 Å². The summed E-state index contributed by atoms with van der Waals surface area (Å²) in [7, 11) is 4.09. The van der Waals surface area contributed by atoms with E-state index in [9.17, 15) is 9.90 Å². The minimum absolute atomic E-state index is 0.131. The number of halogens is 2. The molecule has 0 saturated carbocycles. The number of rotatable bonds is 8. The molecule has 0 atom stereocenters. The number of nitrogens with one attached hydrogen (secondary N) is 1. The molecule has 4 rings (SSSR count). The molecule has 0 radical (unpaired) electrons. The summed E-state index contributed by atoms with van der Waals surface area (Å²) in [5.74, 6) is -0.00246. The van der Waals surface area contributed by atoms with Gasteiger partial charge in [-0.05, 0) is 86.1 Å². The van der Waals surface area contributed by atoms with E-state index in [-0.39, 0.29) is 21.6 Å². The molecule has 0 fully saturated rings. The zero-order valence-electron chi connectivity index (χ0n) is 19.9. The molecule has 0 aliphatic heterocycles. The summed E-state index contributed by atoms with van der Waals surface area (Å²) in [6.07, 6.45) is 2.86. The van der Waals surface area contributed by atoms with Crippen LogP contribution in [0.15, 0.2) is 60.8 Å². The number of ketones is 1. The summed E-state index contributed by atoms with van der Waals surface area (Å²) in [6.45, 7) is 2.46. The first-order chi connectivity index (χ1) is 16.7. The maximum absolute atomic E-state index is 11.7. The van der Waals surface area contributed by atoms with Gasteiger partial charge in [0.05, 0.1) is 21.2 Å². The number of fused-ring (bicyclic) bond motifs is 1. The maximum Gasteiger partial charge on any atom is 0.152 e. The van der Waals surface area contributed by atoms with Gasteiger partial charge in [0, 0.05) is 30.2 Å². The number of pyridine rings is 1. The van der Waals surface area contributed by atoms with E-state index in [0.29, 0.717) is 12.8 Å². The van der Waals surface area contributed by atoms with Crippen LogP contribution >= 0.6 is 23.2 Å². The predicted octanol–water partition coefficient (Wildman–Crippen LogP) is 7.24. The molecule has 0 bridgehead atoms. The summed E-state index contributed by atoms with van der Waals surface area (Å²) >= 11 is 12.3. The molecule has 0 spiro atoms. The fraction of sp³-hybridized carbons (Fsp3) is 0.214. The topological polar surface area (TPSA) is 65.5 Å². The third-order valence-electron chi connectivity index (χ3n) is 5.77. The monoisotopic (exact) mass is 507 g/mol. The lowest BCUT2D eigenvalue weighted by Crippen LogP contribution is -2.10. The molecular weight excluding hydrogens is 481 g/mol. The Morgan fingerprint density at radius 1 is 1.00 bits per heavy atom. The van der Waals surface area contributed by atoms with Crippen molar-refractivity contribution in [2.45, 2.75) is 26.3 Å². The number of hydrogen-bond donors (Lipinski definition) is 2. The Kier molecular flexibility index (Phi) is 7.60. The number of benzene rings is 3. The van der Waals surface area contributed by atoms with E-state index >= 15 is 0 Å². The van der Waals surface area contributed by atoms with Crippen LogP contribution in [-0.4, -0.2) is 34.9 Å². The van der Waals surface area contributed by atoms with Gasteiger partial charge in [-0.25, -0.2) is 0 Å². The second-order valence-electron chi connectivity index (χ2n) is 8.94. The molecular formula is C28H27Cl2N3O2. The highest BCUT2D eigenvalue weighted by Crippen LogP contribution is 2.38. The van der Waals surface area contributed by atoms with Crippen molar-refractivity contribution in [3.63, 3.8) is 0 Å². The molecule has 4 aromatic rings. The van der Waals surface area contributed by atoms with Crippen LogP contribution < -0.4 is 5.32 Å². The first kappa shape index (κ1) is 25.0. The van der Waals surface area contributed by atoms with E-state index in [4.69, 9.17) is 23.2 Å². The van der Waals surface area contributed by atoms with Crippen molar-refractivity contribution >= 4 is 51.3 Å². The number of Topliss-reactive ketones (excluding diaryl/α,β-unsaturated/α-hetero) is 1. The summed E-state index contributed by atoms with van der Waals surface area (Å²) in [5.41, 5.74) is 6.54. The molecule has 1 aromatic heterocycles. The van der Waals surface area contributed by atoms with Crippen molar-refractivity contribution in [1.82, 2.24) is 9.88 Å². The van der Waals surface area contributed by atoms with Gasteiger partial charge in [0.1, 0.15) is 5.78 Å². The van der Waals surface area contributed by atoms with Crippen LogP contribution in [0.4, 0.5) is 11.4 Å². The molecule has 2 N–H and O–H groups in total. The lowest BCUT2D eigenvalue weighted by molar-refractivity contribution is -0.116. The average molecular weight is 508 g/mol. The minimum atomic E-state index is -0.133. The molecule has 3 aromatic carbocycles. The van der Waals surface area contributed by atoms with Gasteiger partial charge in [-0.1, -0.05) is 41.4 Å². The van der Waals surface area contributed by atoms with Gasteiger partial charge in [-0.3, -0.25) is 4.98 Å². The number of phenolic OH excluding ortho intramolecular Hbond substituents is 1. The molecule has 180 valence electrons. The van der Waals surface area contributed by atoms with E-state index < -0.39 is 0 Å². The van der Waals surface area contributed by atoms with E-state index in [2.05, 4.69) is 39.5 Å². The molecule has 5 nitrogen and oxygen atoms in total. The van der Waals surface area contributed by atoms with E-state index in [0.717, 1.165) is 45.5 Å². The van der Waals surface area contributed by atoms with Gasteiger partial charge in [-0.2, -0.15) is 0 Å². The minimum Gasteiger partial charge on any atom is -0.505 e. The molecule has 0 unspecified atom stereocenters. The highest BCUT2D eigenvalue weighted by Gasteiger charge is 2.14. The van der Waals surface area contributed by atoms with Gasteiger partial charge < -0.3 is 20.1 Å². The van der Waals surface area contributed by atoms with Crippen molar-refractivity contribution < 1.29 is 9.90 Å². The first-order valence-electron chi connectivity index (χ1n) is 11.3. The number of carbonyl (C=O) groups is 1. The van der Waals surface area contributed by atoms with E-state index in [1.165, 1.54) is 5.56 Å². The number of carbonyl (C=O) groups excluding carboxylic acids is 1. The lowest BCUT2D eigenvalue weighted by Gasteiger charge is -2.17. The van der Waals surface area contributed by atoms with Crippen LogP contribution in [0.5, 0.6) is 5.75 Å². The average Bonchev–Trinajstić information content (AvgIpc) is 2.82. The van der Waals surface area contributed by atoms with Gasteiger partial charge >= 0.3 is 0 Å². The number of aryl methyl sites for hydroxylation is 1. The Hall–Kier alpha value is -3.12. The van der Waals surface area contributed by atoms with Crippen LogP contribution in [0.2, 0.25) is 10.0 Å². The third kappa shape index (κ3) is 5.93. The second kappa shape index (κ2) is 10.6. The zero-order valence-corrected chi connectivity index (χ0v) is 21.4. The summed E-state index contributed by atoms with van der Waals surface area (Å²) < 4.78 is 0. The van der Waals surface area contributed by atoms with Crippen LogP contribution in [0.3, 0.4) is 0 Å². The number of phenols is 1. The largest absolute Gasteiger partial charge is 0.505 e. The lowest BCUT2D eigenvalue weighted by atomic mass is 9.99. The molecule has 0 saturated heterocycles. The SMILES string of the molecule is CC(=O)CCc1cnc2ccc(-c3cc(Cl)c(O)c(Cl)c3)cc2c1Nc1ccc(CN(C)C)cc1. The van der Waals surface area contributed by atoms with E-state index in [1.807, 2.05) is 38.5 Å². The van der Waals surface area contributed by atoms with Gasteiger partial charge in [-0.15, -0.1) is 0 Å². The van der Waals surface area contributed by atoms with Crippen LogP contribution in [-0.2, 0) is 17.8 Å². The molecule has 7 heteroatoms. The predicted molar refractivity (Wildman–Crippen MR) is 145 cm³/mol. The summed E-state index contributed by atoms with van der Waals surface area (Å²) in [4.78, 5) is 18.5. The quantitative estimate of drug-likeness (QED) is 0.263. The fourth-order valence-electron chi connectivity index (χ4n) is 4.00. The first-order valence-corrected chi connectivity index (χ1v) is 12.1. The highest BCUT2D eigenvalue weighted by molar-refractivity contribution is 6.37. The standard InChI is InChI=1S/C28H27Cl2N3O2/c1-17(34)4-7-20-15-31-26-11-8-19(21-13-24(29)28(35)25(30)14-21)12-23(26)27(20)32-22-9-5-18(6-10-22)16-33(2)3/h5-6,8-15,35H,4,7,16H2,1-3H3,(H,31,32). The van der Waals surface area contributed by atoms with Crippen molar-refractivity contribution in [1.29, 1.82) is 0 Å². The Labute approximate surface area is 215 Å². The molecule has 0 aliphatic carbocycles. The van der Waals surface area contributed by atoms with Crippen LogP contribution in [0, 0.1) is 0 Å². The number of aromatic hydroxyl groups is 1. The van der Waals surface area contributed by atoms with Gasteiger partial charge in [0.15, 0.2) is 5.75 Å². The van der Waals surface area contributed by atoms with E-state index in [1.54, 1.807) is 19.1 Å². The number of nitrogens with zero attached hydrogens (tertiary/aromatic N) is 2. The molecule has 35 heavy (non-hydrogen) atoms. The Balaban J connectivity index is 1.80. The van der Waals surface area contributed by atoms with Gasteiger partial charge in [0.2, 0.25) is 0 Å². The van der Waals surface area contributed by atoms with Gasteiger partial charge in [0.25, 0.3) is 0 Å². The second-order valence-corrected chi connectivity index (χ2v) is 9.75. The fourth-order valence-corrected chi connectivity index (χ4v) is 4.48. The molecule has 0 aliphatic rings. The number of anilines is 2. The normalized spacial score (nSPS) is 11.3.